The molecule has 0 aromatic heterocycles. The van der Waals surface area contributed by atoms with E-state index in [-0.39, 0.29) is 38.6 Å². The van der Waals surface area contributed by atoms with E-state index in [1.165, 1.54) is 18.2 Å². The van der Waals surface area contributed by atoms with Crippen molar-refractivity contribution in [2.24, 2.45) is 0 Å². The van der Waals surface area contributed by atoms with E-state index < -0.39 is 5.97 Å². The van der Waals surface area contributed by atoms with Gasteiger partial charge in [-0.05, 0) is 17.7 Å². The molecule has 0 unspecified atom stereocenters. The van der Waals surface area contributed by atoms with Crippen molar-refractivity contribution in [1.82, 2.24) is 0 Å². The quantitative estimate of drug-likeness (QED) is 0.708. The Bertz CT molecular complexity index is 538. The molecule has 0 bridgehead atoms. The van der Waals surface area contributed by atoms with Gasteiger partial charge in [-0.25, -0.2) is 4.79 Å². The van der Waals surface area contributed by atoms with Crippen LogP contribution in [0.1, 0.15) is 21.5 Å². The molecule has 0 radical (unpaired) electrons. The van der Waals surface area contributed by atoms with Crippen molar-refractivity contribution in [3.63, 3.8) is 0 Å². The van der Waals surface area contributed by atoms with Gasteiger partial charge in [0.2, 0.25) is 0 Å². The van der Waals surface area contributed by atoms with Gasteiger partial charge in [0, 0.05) is 12.0 Å². The van der Waals surface area contributed by atoms with E-state index in [0.717, 1.165) is 5.56 Å². The van der Waals surface area contributed by atoms with Crippen molar-refractivity contribution in [1.29, 1.82) is 0 Å². The van der Waals surface area contributed by atoms with Gasteiger partial charge in [0.25, 0.3) is 0 Å². The SMILES string of the molecule is O=C(O)c1cccc(O)c1Cc1ccccc1.[PbH4]. The minimum atomic E-state index is -1.02. The van der Waals surface area contributed by atoms with E-state index >= 15 is 0 Å². The van der Waals surface area contributed by atoms with E-state index in [1.807, 2.05) is 30.3 Å². The Morgan fingerprint density at radius 3 is 2.28 bits per heavy atom. The van der Waals surface area contributed by atoms with Gasteiger partial charge in [-0.2, -0.15) is 0 Å². The molecule has 4 heteroatoms. The number of aromatic hydroxyl groups is 1. The second-order valence-corrected chi connectivity index (χ2v) is 3.77. The first kappa shape index (κ1) is 14.7. The summed E-state index contributed by atoms with van der Waals surface area (Å²) in [6, 6.07) is 14.0. The van der Waals surface area contributed by atoms with Crippen LogP contribution in [-0.4, -0.2) is 43.5 Å². The average molecular weight is 439 g/mol. The summed E-state index contributed by atoms with van der Waals surface area (Å²) >= 11 is 0. The molecule has 0 saturated heterocycles. The average Bonchev–Trinajstić information content (AvgIpc) is 2.33. The zero-order chi connectivity index (χ0) is 12.3. The van der Waals surface area contributed by atoms with Crippen molar-refractivity contribution >= 4 is 33.3 Å². The molecular weight excluding hydrogens is 423 g/mol. The molecular formula is C14H16O3Pb. The standard InChI is InChI=1S/C14H12O3.Pb.4H/c15-13-8-4-7-11(14(16)17)12(13)9-10-5-2-1-3-6-10;;;;;/h1-8,15H,9H2,(H,16,17);;;;;. The van der Waals surface area contributed by atoms with Gasteiger partial charge in [0.15, 0.2) is 0 Å². The number of aromatic carboxylic acids is 1. The van der Waals surface area contributed by atoms with Crippen molar-refractivity contribution in [2.45, 2.75) is 6.42 Å². The second kappa shape index (κ2) is 6.53. The Labute approximate surface area is 125 Å². The van der Waals surface area contributed by atoms with Gasteiger partial charge in [0.05, 0.1) is 5.56 Å². The Balaban J connectivity index is 0.00000162. The summed E-state index contributed by atoms with van der Waals surface area (Å²) in [5, 5.41) is 18.8. The molecule has 94 valence electrons. The number of benzene rings is 2. The number of carbonyl (C=O) groups is 1. The normalized spacial score (nSPS) is 9.56. The van der Waals surface area contributed by atoms with Crippen LogP contribution in [0.4, 0.5) is 0 Å². The second-order valence-electron chi connectivity index (χ2n) is 3.77. The first-order valence-electron chi connectivity index (χ1n) is 5.26. The number of hydrogen-bond donors (Lipinski definition) is 2. The van der Waals surface area contributed by atoms with Crippen LogP contribution in [0.2, 0.25) is 0 Å². The third kappa shape index (κ3) is 3.32. The number of carboxylic acid groups (broad SMARTS) is 1. The molecule has 0 saturated carbocycles. The van der Waals surface area contributed by atoms with Crippen LogP contribution in [0.25, 0.3) is 0 Å². The maximum atomic E-state index is 11.1. The van der Waals surface area contributed by atoms with Gasteiger partial charge in [0.1, 0.15) is 5.75 Å². The van der Waals surface area contributed by atoms with Gasteiger partial charge in [-0.15, -0.1) is 0 Å². The first-order valence-corrected chi connectivity index (χ1v) is 5.26. The van der Waals surface area contributed by atoms with Crippen LogP contribution in [-0.2, 0) is 6.42 Å². The molecule has 2 rings (SSSR count). The summed E-state index contributed by atoms with van der Waals surface area (Å²) in [5.41, 5.74) is 1.57. The molecule has 0 aliphatic carbocycles. The van der Waals surface area contributed by atoms with Crippen LogP contribution >= 0.6 is 0 Å². The fourth-order valence-corrected chi connectivity index (χ4v) is 1.76. The zero-order valence-corrected chi connectivity index (χ0v) is 9.13. The molecule has 0 fully saturated rings. The summed E-state index contributed by atoms with van der Waals surface area (Å²) in [7, 11) is 0. The molecule has 3 nitrogen and oxygen atoms in total. The van der Waals surface area contributed by atoms with Crippen molar-refractivity contribution in [3.8, 4) is 5.75 Å². The van der Waals surface area contributed by atoms with Crippen LogP contribution in [0.3, 0.4) is 0 Å². The molecule has 2 aromatic rings. The summed E-state index contributed by atoms with van der Waals surface area (Å²) in [6.07, 6.45) is 0.412. The van der Waals surface area contributed by atoms with E-state index in [1.54, 1.807) is 0 Å². The molecule has 18 heavy (non-hydrogen) atoms. The fraction of sp³-hybridized carbons (Fsp3) is 0.0714. The maximum absolute atomic E-state index is 11.1. The predicted molar refractivity (Wildman–Crippen MR) is 75.6 cm³/mol. The number of phenolic OH excluding ortho intramolecular Hbond substituents is 1. The fourth-order valence-electron chi connectivity index (χ4n) is 1.76. The zero-order valence-electron chi connectivity index (χ0n) is 9.13. The summed E-state index contributed by atoms with van der Waals surface area (Å²) in [6.45, 7) is 0. The van der Waals surface area contributed by atoms with Crippen LogP contribution in [0.15, 0.2) is 48.5 Å². The topological polar surface area (TPSA) is 57.5 Å². The molecule has 0 aliphatic heterocycles. The number of hydrogen-bond acceptors (Lipinski definition) is 2. The summed E-state index contributed by atoms with van der Waals surface area (Å²) in [5.74, 6) is -0.999. The number of phenols is 1. The molecule has 0 amide bonds. The summed E-state index contributed by atoms with van der Waals surface area (Å²) in [4.78, 5) is 11.1. The first-order chi connectivity index (χ1) is 8.18. The number of rotatable bonds is 3. The van der Waals surface area contributed by atoms with Crippen molar-refractivity contribution in [3.05, 3.63) is 65.2 Å². The Morgan fingerprint density at radius 2 is 1.67 bits per heavy atom. The van der Waals surface area contributed by atoms with Crippen LogP contribution in [0.5, 0.6) is 5.75 Å². The molecule has 0 spiro atoms. The van der Waals surface area contributed by atoms with E-state index in [2.05, 4.69) is 0 Å². The van der Waals surface area contributed by atoms with Crippen molar-refractivity contribution in [2.75, 3.05) is 0 Å². The molecule has 0 heterocycles. The van der Waals surface area contributed by atoms with Crippen LogP contribution < -0.4 is 0 Å². The third-order valence-corrected chi connectivity index (χ3v) is 2.61. The predicted octanol–water partition coefficient (Wildman–Crippen LogP) is 1.23. The molecule has 0 aliphatic rings. The minimum absolute atomic E-state index is 0. The monoisotopic (exact) mass is 440 g/mol. The third-order valence-electron chi connectivity index (χ3n) is 2.61. The number of carboxylic acids is 1. The molecule has 0 atom stereocenters. The summed E-state index contributed by atoms with van der Waals surface area (Å²) < 4.78 is 0. The Morgan fingerprint density at radius 1 is 1.00 bits per heavy atom. The van der Waals surface area contributed by atoms with Gasteiger partial charge in [-0.3, -0.25) is 0 Å². The Hall–Kier alpha value is -1.37. The van der Waals surface area contributed by atoms with Crippen molar-refractivity contribution < 1.29 is 15.0 Å². The van der Waals surface area contributed by atoms with Gasteiger partial charge < -0.3 is 10.2 Å². The van der Waals surface area contributed by atoms with E-state index in [9.17, 15) is 9.90 Å². The molecule has 2 aromatic carbocycles. The Kier molecular flexibility index (Phi) is 5.33. The van der Waals surface area contributed by atoms with E-state index in [0.29, 0.717) is 12.0 Å². The van der Waals surface area contributed by atoms with Gasteiger partial charge in [-0.1, -0.05) is 36.4 Å². The van der Waals surface area contributed by atoms with E-state index in [4.69, 9.17) is 5.11 Å². The molecule has 2 N–H and O–H groups in total. The van der Waals surface area contributed by atoms with Gasteiger partial charge >= 0.3 is 33.3 Å². The van der Waals surface area contributed by atoms with Crippen LogP contribution in [0, 0.1) is 0 Å².